The smallest absolute Gasteiger partial charge is 0.267 e. The van der Waals surface area contributed by atoms with Gasteiger partial charge in [-0.3, -0.25) is 14.2 Å². The number of nitrogens with zero attached hydrogens (tertiary/aromatic N) is 2. The molecule has 0 spiro atoms. The number of aryl methyl sites for hydroxylation is 2. The Labute approximate surface area is 205 Å². The molecule has 2 aromatic carbocycles. The molecule has 4 nitrogen and oxygen atoms in total. The number of aromatic nitrogens is 2. The largest absolute Gasteiger partial charge is 0.293 e. The molecule has 0 fully saturated rings. The zero-order chi connectivity index (χ0) is 23.1. The molecule has 1 atom stereocenters. The number of benzene rings is 2. The van der Waals surface area contributed by atoms with E-state index in [9.17, 15) is 9.59 Å². The number of thiophene rings is 1. The summed E-state index contributed by atoms with van der Waals surface area (Å²) in [5.41, 5.74) is 3.33. The number of Topliss-reactive ketones (excluding diaryl/α,β-unsaturated/α-hetero) is 1. The molecule has 4 aromatic rings. The van der Waals surface area contributed by atoms with Crippen LogP contribution in [0.2, 0.25) is 5.02 Å². The first-order chi connectivity index (χ1) is 15.9. The van der Waals surface area contributed by atoms with Crippen molar-refractivity contribution in [1.82, 2.24) is 9.55 Å². The van der Waals surface area contributed by atoms with E-state index in [1.807, 2.05) is 37.3 Å². The summed E-state index contributed by atoms with van der Waals surface area (Å²) < 4.78 is 1.63. The van der Waals surface area contributed by atoms with Gasteiger partial charge in [-0.2, -0.15) is 0 Å². The van der Waals surface area contributed by atoms with Crippen LogP contribution >= 0.6 is 34.7 Å². The van der Waals surface area contributed by atoms with Crippen molar-refractivity contribution < 1.29 is 4.79 Å². The summed E-state index contributed by atoms with van der Waals surface area (Å²) in [7, 11) is 0. The molecule has 1 aliphatic carbocycles. The molecule has 0 aliphatic heterocycles. The number of rotatable bonds is 5. The Morgan fingerprint density at radius 1 is 1.24 bits per heavy atom. The maximum atomic E-state index is 13.9. The van der Waals surface area contributed by atoms with Crippen molar-refractivity contribution in [3.63, 3.8) is 0 Å². The topological polar surface area (TPSA) is 52.0 Å². The van der Waals surface area contributed by atoms with Crippen LogP contribution < -0.4 is 5.56 Å². The minimum atomic E-state index is -0.0818. The summed E-state index contributed by atoms with van der Waals surface area (Å²) >= 11 is 9.33. The van der Waals surface area contributed by atoms with Gasteiger partial charge < -0.3 is 0 Å². The molecule has 0 N–H and O–H groups in total. The SMILES string of the molecule is Cc1ccc(-n2c(SCC(=O)c3ccccc3)nc3sc4c(c3c2=O)CCC(C)C4)cc1Cl. The lowest BCUT2D eigenvalue weighted by Gasteiger charge is -2.18. The predicted octanol–water partition coefficient (Wildman–Crippen LogP) is 6.51. The van der Waals surface area contributed by atoms with Crippen LogP contribution in [0.4, 0.5) is 0 Å². The van der Waals surface area contributed by atoms with Crippen LogP contribution in [0.5, 0.6) is 0 Å². The van der Waals surface area contributed by atoms with Crippen LogP contribution in [0.3, 0.4) is 0 Å². The number of thioether (sulfide) groups is 1. The summed E-state index contributed by atoms with van der Waals surface area (Å²) in [6.07, 6.45) is 2.97. The van der Waals surface area contributed by atoms with Crippen LogP contribution in [-0.2, 0) is 12.8 Å². The number of ketones is 1. The molecule has 0 amide bonds. The molecule has 5 rings (SSSR count). The predicted molar refractivity (Wildman–Crippen MR) is 138 cm³/mol. The Bertz CT molecular complexity index is 1430. The number of hydrogen-bond acceptors (Lipinski definition) is 5. The Kier molecular flexibility index (Phi) is 6.16. The van der Waals surface area contributed by atoms with Gasteiger partial charge in [-0.25, -0.2) is 4.98 Å². The van der Waals surface area contributed by atoms with Crippen molar-refractivity contribution in [3.05, 3.63) is 85.5 Å². The van der Waals surface area contributed by atoms with Crippen LogP contribution in [0, 0.1) is 12.8 Å². The molecule has 2 heterocycles. The van der Waals surface area contributed by atoms with Crippen molar-refractivity contribution in [2.24, 2.45) is 5.92 Å². The van der Waals surface area contributed by atoms with Gasteiger partial charge in [-0.1, -0.05) is 66.7 Å². The summed E-state index contributed by atoms with van der Waals surface area (Å²) in [6, 6.07) is 14.8. The number of carbonyl (C=O) groups excluding carboxylic acids is 1. The second kappa shape index (κ2) is 9.09. The Morgan fingerprint density at radius 2 is 2.03 bits per heavy atom. The van der Waals surface area contributed by atoms with Crippen molar-refractivity contribution in [3.8, 4) is 5.69 Å². The number of halogens is 1. The molecule has 0 saturated heterocycles. The minimum absolute atomic E-state index is 0.00253. The van der Waals surface area contributed by atoms with E-state index in [4.69, 9.17) is 16.6 Å². The van der Waals surface area contributed by atoms with E-state index in [0.717, 1.165) is 40.6 Å². The molecule has 168 valence electrons. The first-order valence-corrected chi connectivity index (χ1v) is 13.1. The second-order valence-corrected chi connectivity index (χ2v) is 11.0. The van der Waals surface area contributed by atoms with E-state index in [2.05, 4.69) is 6.92 Å². The fourth-order valence-corrected chi connectivity index (χ4v) is 6.76. The molecule has 1 unspecified atom stereocenters. The van der Waals surface area contributed by atoms with E-state index < -0.39 is 0 Å². The molecular weight excluding hydrogens is 472 g/mol. The van der Waals surface area contributed by atoms with Crippen LogP contribution in [0.25, 0.3) is 15.9 Å². The van der Waals surface area contributed by atoms with Gasteiger partial charge in [0.15, 0.2) is 10.9 Å². The van der Waals surface area contributed by atoms with Gasteiger partial charge in [-0.05, 0) is 55.4 Å². The first kappa shape index (κ1) is 22.4. The zero-order valence-electron chi connectivity index (χ0n) is 18.4. The maximum absolute atomic E-state index is 13.9. The van der Waals surface area contributed by atoms with E-state index >= 15 is 0 Å². The molecule has 1 aliphatic rings. The van der Waals surface area contributed by atoms with Gasteiger partial charge in [0.1, 0.15) is 4.83 Å². The van der Waals surface area contributed by atoms with E-state index in [1.165, 1.54) is 16.6 Å². The highest BCUT2D eigenvalue weighted by Gasteiger charge is 2.25. The quantitative estimate of drug-likeness (QED) is 0.180. The lowest BCUT2D eigenvalue weighted by Crippen LogP contribution is -2.23. The third-order valence-corrected chi connectivity index (χ3v) is 8.63. The first-order valence-electron chi connectivity index (χ1n) is 11.0. The van der Waals surface area contributed by atoms with Crippen molar-refractivity contribution in [1.29, 1.82) is 0 Å². The number of carbonyl (C=O) groups is 1. The van der Waals surface area contributed by atoms with Gasteiger partial charge in [0.25, 0.3) is 5.56 Å². The number of fused-ring (bicyclic) bond motifs is 3. The molecule has 0 saturated carbocycles. The van der Waals surface area contributed by atoms with Gasteiger partial charge in [0, 0.05) is 15.5 Å². The van der Waals surface area contributed by atoms with Gasteiger partial charge in [0.2, 0.25) is 0 Å². The van der Waals surface area contributed by atoms with Crippen molar-refractivity contribution >= 4 is 50.7 Å². The average Bonchev–Trinajstić information content (AvgIpc) is 3.17. The number of hydrogen-bond donors (Lipinski definition) is 0. The summed E-state index contributed by atoms with van der Waals surface area (Å²) in [4.78, 5) is 33.6. The fraction of sp³-hybridized carbons (Fsp3) is 0.269. The average molecular weight is 495 g/mol. The van der Waals surface area contributed by atoms with Crippen molar-refractivity contribution in [2.45, 2.75) is 38.3 Å². The Morgan fingerprint density at radius 3 is 2.79 bits per heavy atom. The molecule has 33 heavy (non-hydrogen) atoms. The highest BCUT2D eigenvalue weighted by atomic mass is 35.5. The lowest BCUT2D eigenvalue weighted by molar-refractivity contribution is 0.102. The molecule has 2 aromatic heterocycles. The third kappa shape index (κ3) is 4.27. The summed E-state index contributed by atoms with van der Waals surface area (Å²) in [6.45, 7) is 4.19. The van der Waals surface area contributed by atoms with E-state index in [0.29, 0.717) is 27.3 Å². The lowest BCUT2D eigenvalue weighted by atomic mass is 9.89. The van der Waals surface area contributed by atoms with Gasteiger partial charge >= 0.3 is 0 Å². The summed E-state index contributed by atoms with van der Waals surface area (Å²) in [5.74, 6) is 0.813. The maximum Gasteiger partial charge on any atom is 0.267 e. The highest BCUT2D eigenvalue weighted by molar-refractivity contribution is 7.99. The monoisotopic (exact) mass is 494 g/mol. The zero-order valence-corrected chi connectivity index (χ0v) is 20.8. The Balaban J connectivity index is 1.64. The molecule has 0 bridgehead atoms. The normalized spacial score (nSPS) is 15.5. The minimum Gasteiger partial charge on any atom is -0.293 e. The second-order valence-electron chi connectivity index (χ2n) is 8.58. The molecule has 7 heteroatoms. The van der Waals surface area contributed by atoms with Gasteiger partial charge in [0.05, 0.1) is 16.8 Å². The fourth-order valence-electron chi connectivity index (χ4n) is 4.25. The third-order valence-electron chi connectivity index (χ3n) is 6.14. The highest BCUT2D eigenvalue weighted by Crippen LogP contribution is 2.37. The van der Waals surface area contributed by atoms with Crippen LogP contribution in [-0.4, -0.2) is 21.1 Å². The Hall–Kier alpha value is -2.41. The summed E-state index contributed by atoms with van der Waals surface area (Å²) in [5, 5.41) is 1.83. The van der Waals surface area contributed by atoms with E-state index in [-0.39, 0.29) is 17.1 Å². The van der Waals surface area contributed by atoms with Crippen molar-refractivity contribution in [2.75, 3.05) is 5.75 Å². The molecule has 0 radical (unpaired) electrons. The van der Waals surface area contributed by atoms with Crippen LogP contribution in [0.1, 0.15) is 39.7 Å². The van der Waals surface area contributed by atoms with Crippen LogP contribution in [0.15, 0.2) is 58.5 Å². The molecular formula is C26H23ClN2O2S2. The van der Waals surface area contributed by atoms with E-state index in [1.54, 1.807) is 34.1 Å². The van der Waals surface area contributed by atoms with Gasteiger partial charge in [-0.15, -0.1) is 11.3 Å². The standard InChI is InChI=1S/C26H23ClN2O2S2/c1-15-8-11-19-22(12-15)33-24-23(19)25(31)29(18-10-9-16(2)20(27)13-18)26(28-24)32-14-21(30)17-6-4-3-5-7-17/h3-7,9-10,13,15H,8,11-12,14H2,1-2H3.